The van der Waals surface area contributed by atoms with Crippen molar-refractivity contribution in [3.05, 3.63) is 11.1 Å². The maximum Gasteiger partial charge on any atom is 0.317 e. The average Bonchev–Trinajstić information content (AvgIpc) is 2.88. The average molecular weight is 310 g/mol. The first kappa shape index (κ1) is 16.3. The van der Waals surface area contributed by atoms with Crippen LogP contribution in [0, 0.1) is 0 Å². The van der Waals surface area contributed by atoms with Gasteiger partial charge in [-0.05, 0) is 40.5 Å². The highest BCUT2D eigenvalue weighted by Crippen LogP contribution is 2.34. The number of nitrogens with zero attached hydrogens (tertiary/aromatic N) is 1. The molecule has 2 rings (SSSR count). The lowest BCUT2D eigenvalue weighted by Gasteiger charge is -2.34. The molecule has 1 fully saturated rings. The van der Waals surface area contributed by atoms with Crippen molar-refractivity contribution in [3.63, 3.8) is 0 Å². The number of thiazole rings is 1. The van der Waals surface area contributed by atoms with E-state index < -0.39 is 5.41 Å². The number of carbonyl (C=O) groups is 1. The fraction of sp³-hybridized carbons (Fsp3) is 0.750. The van der Waals surface area contributed by atoms with Crippen molar-refractivity contribution in [2.24, 2.45) is 0 Å². The Morgan fingerprint density at radius 1 is 1.43 bits per heavy atom. The standard InChI is InChI=1S/C16H26N2O2S/c1-5-20-13(19)15(2,3)12-11-21-14(17-12)18-16(4)9-7-6-8-10-16/h11H,5-10H2,1-4H3,(H,17,18). The third kappa shape index (κ3) is 3.76. The van der Waals surface area contributed by atoms with Crippen molar-refractivity contribution < 1.29 is 9.53 Å². The van der Waals surface area contributed by atoms with Crippen molar-refractivity contribution in [1.29, 1.82) is 0 Å². The van der Waals surface area contributed by atoms with Gasteiger partial charge in [0.05, 0.1) is 12.3 Å². The topological polar surface area (TPSA) is 51.2 Å². The van der Waals surface area contributed by atoms with Crippen LogP contribution >= 0.6 is 11.3 Å². The van der Waals surface area contributed by atoms with Gasteiger partial charge in [0.25, 0.3) is 0 Å². The number of ether oxygens (including phenoxy) is 1. The van der Waals surface area contributed by atoms with Gasteiger partial charge in [-0.15, -0.1) is 11.3 Å². The van der Waals surface area contributed by atoms with Crippen LogP contribution in [0.15, 0.2) is 5.38 Å². The summed E-state index contributed by atoms with van der Waals surface area (Å²) in [5, 5.41) is 6.45. The summed E-state index contributed by atoms with van der Waals surface area (Å²) >= 11 is 1.57. The molecule has 1 saturated carbocycles. The van der Waals surface area contributed by atoms with E-state index in [1.165, 1.54) is 32.1 Å². The summed E-state index contributed by atoms with van der Waals surface area (Å²) in [7, 11) is 0. The largest absolute Gasteiger partial charge is 0.465 e. The van der Waals surface area contributed by atoms with E-state index in [2.05, 4.69) is 17.2 Å². The van der Waals surface area contributed by atoms with Gasteiger partial charge >= 0.3 is 5.97 Å². The lowest BCUT2D eigenvalue weighted by Crippen LogP contribution is -2.37. The minimum atomic E-state index is -0.695. The number of nitrogens with one attached hydrogen (secondary N) is 1. The molecule has 1 aromatic rings. The van der Waals surface area contributed by atoms with Crippen LogP contribution in [0.3, 0.4) is 0 Å². The summed E-state index contributed by atoms with van der Waals surface area (Å²) in [5.41, 5.74) is 0.231. The molecule has 0 spiro atoms. The first-order valence-electron chi connectivity index (χ1n) is 7.79. The van der Waals surface area contributed by atoms with E-state index in [9.17, 15) is 4.79 Å². The number of aromatic nitrogens is 1. The summed E-state index contributed by atoms with van der Waals surface area (Å²) in [5.74, 6) is -0.217. The summed E-state index contributed by atoms with van der Waals surface area (Å²) in [6, 6.07) is 0. The van der Waals surface area contributed by atoms with Crippen molar-refractivity contribution in [2.75, 3.05) is 11.9 Å². The van der Waals surface area contributed by atoms with Gasteiger partial charge in [-0.25, -0.2) is 4.98 Å². The summed E-state index contributed by atoms with van der Waals surface area (Å²) < 4.78 is 5.15. The molecule has 0 atom stereocenters. The zero-order valence-electron chi connectivity index (χ0n) is 13.5. The van der Waals surface area contributed by atoms with Crippen LogP contribution in [0.25, 0.3) is 0 Å². The van der Waals surface area contributed by atoms with Gasteiger partial charge < -0.3 is 10.1 Å². The van der Waals surface area contributed by atoms with Crippen LogP contribution in [0.1, 0.15) is 65.5 Å². The molecule has 5 heteroatoms. The molecule has 1 heterocycles. The maximum atomic E-state index is 12.0. The number of hydrogen-bond donors (Lipinski definition) is 1. The molecule has 1 aliphatic rings. The molecular formula is C16H26N2O2S. The summed E-state index contributed by atoms with van der Waals surface area (Å²) in [4.78, 5) is 16.7. The molecule has 118 valence electrons. The Balaban J connectivity index is 2.08. The lowest BCUT2D eigenvalue weighted by molar-refractivity contribution is -0.148. The Kier molecular flexibility index (Phi) is 4.91. The Morgan fingerprint density at radius 2 is 2.10 bits per heavy atom. The number of esters is 1. The Bertz CT molecular complexity index is 490. The minimum Gasteiger partial charge on any atom is -0.465 e. The van der Waals surface area contributed by atoms with Gasteiger partial charge in [0.2, 0.25) is 0 Å². The molecule has 0 aliphatic heterocycles. The van der Waals surface area contributed by atoms with Gasteiger partial charge in [0.15, 0.2) is 5.13 Å². The number of anilines is 1. The molecule has 0 aromatic carbocycles. The molecule has 0 radical (unpaired) electrons. The fourth-order valence-electron chi connectivity index (χ4n) is 2.75. The van der Waals surface area contributed by atoms with Gasteiger partial charge in [-0.3, -0.25) is 4.79 Å². The van der Waals surface area contributed by atoms with E-state index in [1.54, 1.807) is 11.3 Å². The van der Waals surface area contributed by atoms with E-state index in [4.69, 9.17) is 4.74 Å². The van der Waals surface area contributed by atoms with E-state index in [-0.39, 0.29) is 11.5 Å². The molecule has 1 aromatic heterocycles. The highest BCUT2D eigenvalue weighted by molar-refractivity contribution is 7.13. The van der Waals surface area contributed by atoms with Crippen LogP contribution < -0.4 is 5.32 Å². The van der Waals surface area contributed by atoms with E-state index >= 15 is 0 Å². The normalized spacial score (nSPS) is 18.3. The highest BCUT2D eigenvalue weighted by atomic mass is 32.1. The predicted molar refractivity (Wildman–Crippen MR) is 86.9 cm³/mol. The van der Waals surface area contributed by atoms with Crippen LogP contribution in [0.5, 0.6) is 0 Å². The highest BCUT2D eigenvalue weighted by Gasteiger charge is 2.35. The second-order valence-electron chi connectivity index (χ2n) is 6.63. The van der Waals surface area contributed by atoms with E-state index in [1.807, 2.05) is 26.2 Å². The summed E-state index contributed by atoms with van der Waals surface area (Å²) in [6.07, 6.45) is 6.24. The second kappa shape index (κ2) is 6.34. The quantitative estimate of drug-likeness (QED) is 0.831. The van der Waals surface area contributed by atoms with Crippen molar-refractivity contribution in [2.45, 2.75) is 70.8 Å². The first-order valence-corrected chi connectivity index (χ1v) is 8.67. The second-order valence-corrected chi connectivity index (χ2v) is 7.49. The zero-order chi connectivity index (χ0) is 15.5. The number of carbonyl (C=O) groups excluding carboxylic acids is 1. The van der Waals surface area contributed by atoms with Gasteiger partial charge in [0, 0.05) is 10.9 Å². The van der Waals surface area contributed by atoms with E-state index in [0.29, 0.717) is 6.61 Å². The van der Waals surface area contributed by atoms with Gasteiger partial charge in [-0.2, -0.15) is 0 Å². The first-order chi connectivity index (χ1) is 9.87. The molecule has 0 bridgehead atoms. The number of hydrogen-bond acceptors (Lipinski definition) is 5. The van der Waals surface area contributed by atoms with Gasteiger partial charge in [-0.1, -0.05) is 19.3 Å². The third-order valence-electron chi connectivity index (χ3n) is 4.30. The van der Waals surface area contributed by atoms with Gasteiger partial charge in [0.1, 0.15) is 5.41 Å². The third-order valence-corrected chi connectivity index (χ3v) is 5.05. The lowest BCUT2D eigenvalue weighted by atomic mass is 9.83. The van der Waals surface area contributed by atoms with Crippen molar-refractivity contribution >= 4 is 22.4 Å². The molecule has 0 saturated heterocycles. The monoisotopic (exact) mass is 310 g/mol. The Labute approximate surface area is 131 Å². The molecule has 1 aliphatic carbocycles. The van der Waals surface area contributed by atoms with Crippen molar-refractivity contribution in [3.8, 4) is 0 Å². The minimum absolute atomic E-state index is 0.140. The Morgan fingerprint density at radius 3 is 2.71 bits per heavy atom. The smallest absolute Gasteiger partial charge is 0.317 e. The summed E-state index contributed by atoms with van der Waals surface area (Å²) in [6.45, 7) is 8.23. The maximum absolute atomic E-state index is 12.0. The Hall–Kier alpha value is -1.10. The fourth-order valence-corrected chi connectivity index (χ4v) is 3.78. The molecule has 4 nitrogen and oxygen atoms in total. The molecular weight excluding hydrogens is 284 g/mol. The van der Waals surface area contributed by atoms with Crippen LogP contribution in [-0.4, -0.2) is 23.1 Å². The number of rotatable bonds is 5. The molecule has 0 unspecified atom stereocenters. The molecule has 21 heavy (non-hydrogen) atoms. The molecule has 0 amide bonds. The predicted octanol–water partition coefficient (Wildman–Crippen LogP) is 4.12. The van der Waals surface area contributed by atoms with E-state index in [0.717, 1.165) is 10.8 Å². The molecule has 1 N–H and O–H groups in total. The van der Waals surface area contributed by atoms with Crippen LogP contribution in [0.4, 0.5) is 5.13 Å². The van der Waals surface area contributed by atoms with Crippen LogP contribution in [0.2, 0.25) is 0 Å². The SMILES string of the molecule is CCOC(=O)C(C)(C)c1csc(NC2(C)CCCCC2)n1. The van der Waals surface area contributed by atoms with Crippen LogP contribution in [-0.2, 0) is 14.9 Å². The van der Waals surface area contributed by atoms with Crippen molar-refractivity contribution in [1.82, 2.24) is 4.98 Å². The zero-order valence-corrected chi connectivity index (χ0v) is 14.3.